The Hall–Kier alpha value is -3.36. The number of H-pyrrole nitrogens is 1. The number of nitrogen functional groups attached to an aromatic ring is 1. The molecule has 4 aromatic rings. The van der Waals surface area contributed by atoms with Crippen LogP contribution in [0.1, 0.15) is 37.3 Å². The molecule has 0 aromatic carbocycles. The number of fused-ring (bicyclic) bond motifs is 2. The van der Waals surface area contributed by atoms with Crippen molar-refractivity contribution in [3.05, 3.63) is 34.1 Å². The van der Waals surface area contributed by atoms with Gasteiger partial charge in [-0.25, -0.2) is 10.1 Å². The first-order valence-electron chi connectivity index (χ1n) is 8.49. The number of pyridine rings is 2. The Morgan fingerprint density at radius 3 is 2.81 bits per heavy atom. The van der Waals surface area contributed by atoms with Crippen molar-refractivity contribution in [3.63, 3.8) is 0 Å². The SMILES string of the molecule is Nc1nc2oc3ccc(C4CCCC4)nc3c(=O)c2cc1-c1nnn[nH]1. The molecule has 0 bridgehead atoms. The van der Waals surface area contributed by atoms with E-state index in [2.05, 4.69) is 30.6 Å². The maximum Gasteiger partial charge on any atom is 0.232 e. The van der Waals surface area contributed by atoms with E-state index in [4.69, 9.17) is 10.2 Å². The van der Waals surface area contributed by atoms with Crippen LogP contribution in [0.3, 0.4) is 0 Å². The average molecular weight is 349 g/mol. The van der Waals surface area contributed by atoms with E-state index in [1.165, 1.54) is 12.8 Å². The number of nitrogens with one attached hydrogen (secondary N) is 1. The van der Waals surface area contributed by atoms with Crippen LogP contribution >= 0.6 is 0 Å². The summed E-state index contributed by atoms with van der Waals surface area (Å²) in [6.07, 6.45) is 4.62. The topological polar surface area (TPSA) is 136 Å². The first kappa shape index (κ1) is 14.9. The summed E-state index contributed by atoms with van der Waals surface area (Å²) in [6, 6.07) is 5.32. The van der Waals surface area contributed by atoms with Gasteiger partial charge in [0.2, 0.25) is 11.1 Å². The molecule has 0 unspecified atom stereocenters. The molecule has 1 aliphatic carbocycles. The minimum absolute atomic E-state index is 0.173. The van der Waals surface area contributed by atoms with Gasteiger partial charge in [0.25, 0.3) is 0 Å². The van der Waals surface area contributed by atoms with Crippen LogP contribution in [0.15, 0.2) is 27.4 Å². The number of tetrazole rings is 1. The van der Waals surface area contributed by atoms with Crippen molar-refractivity contribution >= 4 is 28.0 Å². The molecule has 0 saturated heterocycles. The van der Waals surface area contributed by atoms with Crippen molar-refractivity contribution in [1.29, 1.82) is 0 Å². The Bertz CT molecular complexity index is 1180. The lowest BCUT2D eigenvalue weighted by Gasteiger charge is -2.09. The van der Waals surface area contributed by atoms with Gasteiger partial charge >= 0.3 is 0 Å². The quantitative estimate of drug-likeness (QED) is 0.525. The first-order valence-corrected chi connectivity index (χ1v) is 8.49. The second-order valence-electron chi connectivity index (χ2n) is 6.52. The molecule has 1 aliphatic rings. The van der Waals surface area contributed by atoms with Crippen LogP contribution in [0.4, 0.5) is 5.82 Å². The lowest BCUT2D eigenvalue weighted by atomic mass is 10.0. The maximum atomic E-state index is 13.0. The lowest BCUT2D eigenvalue weighted by Crippen LogP contribution is -2.09. The highest BCUT2D eigenvalue weighted by molar-refractivity contribution is 5.90. The molecule has 3 N–H and O–H groups in total. The van der Waals surface area contributed by atoms with Gasteiger partial charge in [-0.15, -0.1) is 5.10 Å². The molecular weight excluding hydrogens is 334 g/mol. The van der Waals surface area contributed by atoms with E-state index in [9.17, 15) is 4.79 Å². The van der Waals surface area contributed by atoms with Crippen molar-refractivity contribution in [2.75, 3.05) is 5.73 Å². The summed E-state index contributed by atoms with van der Waals surface area (Å²) in [5, 5.41) is 13.8. The molecular formula is C17H15N7O2. The van der Waals surface area contributed by atoms with Crippen LogP contribution in [0.2, 0.25) is 0 Å². The summed E-state index contributed by atoms with van der Waals surface area (Å²) in [4.78, 5) is 21.8. The molecule has 1 saturated carbocycles. The fourth-order valence-electron chi connectivity index (χ4n) is 3.60. The zero-order valence-corrected chi connectivity index (χ0v) is 13.8. The number of hydrogen-bond donors (Lipinski definition) is 2. The van der Waals surface area contributed by atoms with Crippen LogP contribution < -0.4 is 11.2 Å². The van der Waals surface area contributed by atoms with E-state index in [1.54, 1.807) is 12.1 Å². The molecule has 5 rings (SSSR count). The van der Waals surface area contributed by atoms with Gasteiger partial charge in [0.05, 0.1) is 10.9 Å². The van der Waals surface area contributed by atoms with E-state index >= 15 is 0 Å². The van der Waals surface area contributed by atoms with Crippen molar-refractivity contribution in [2.24, 2.45) is 0 Å². The Morgan fingerprint density at radius 2 is 2.04 bits per heavy atom. The smallest absolute Gasteiger partial charge is 0.232 e. The molecule has 4 aromatic heterocycles. The molecule has 1 fully saturated rings. The van der Waals surface area contributed by atoms with Crippen LogP contribution in [0.25, 0.3) is 33.6 Å². The normalized spacial score (nSPS) is 15.2. The van der Waals surface area contributed by atoms with Crippen LogP contribution in [-0.2, 0) is 0 Å². The minimum Gasteiger partial charge on any atom is -0.436 e. The van der Waals surface area contributed by atoms with Crippen LogP contribution in [0, 0.1) is 0 Å². The predicted octanol–water partition coefficient (Wildman–Crippen LogP) is 2.16. The Labute approximate surface area is 146 Å². The van der Waals surface area contributed by atoms with Gasteiger partial charge in [-0.3, -0.25) is 4.79 Å². The van der Waals surface area contributed by atoms with Gasteiger partial charge in [-0.1, -0.05) is 12.8 Å². The highest BCUT2D eigenvalue weighted by atomic mass is 16.3. The number of rotatable bonds is 2. The zero-order valence-electron chi connectivity index (χ0n) is 13.8. The maximum absolute atomic E-state index is 13.0. The first-order chi connectivity index (χ1) is 12.7. The van der Waals surface area contributed by atoms with E-state index in [1.807, 2.05) is 6.07 Å². The summed E-state index contributed by atoms with van der Waals surface area (Å²) < 4.78 is 5.78. The van der Waals surface area contributed by atoms with E-state index in [0.717, 1.165) is 18.5 Å². The third-order valence-electron chi connectivity index (χ3n) is 4.94. The Morgan fingerprint density at radius 1 is 1.19 bits per heavy atom. The van der Waals surface area contributed by atoms with Crippen LogP contribution in [0.5, 0.6) is 0 Å². The van der Waals surface area contributed by atoms with E-state index in [0.29, 0.717) is 33.8 Å². The molecule has 0 atom stereocenters. The summed E-state index contributed by atoms with van der Waals surface area (Å²) in [5.74, 6) is 0.924. The molecule has 0 amide bonds. The van der Waals surface area contributed by atoms with Gasteiger partial charge in [0, 0.05) is 11.6 Å². The fourth-order valence-corrected chi connectivity index (χ4v) is 3.60. The third kappa shape index (κ3) is 2.24. The molecule has 26 heavy (non-hydrogen) atoms. The average Bonchev–Trinajstić information content (AvgIpc) is 3.35. The molecule has 0 aliphatic heterocycles. The monoisotopic (exact) mass is 349 g/mol. The minimum atomic E-state index is -0.234. The Kier molecular flexibility index (Phi) is 3.21. The summed E-state index contributed by atoms with van der Waals surface area (Å²) in [6.45, 7) is 0. The number of anilines is 1. The number of hydrogen-bond acceptors (Lipinski definition) is 8. The fraction of sp³-hybridized carbons (Fsp3) is 0.294. The molecule has 0 radical (unpaired) electrons. The largest absolute Gasteiger partial charge is 0.436 e. The van der Waals surface area contributed by atoms with Gasteiger partial charge in [0.15, 0.2) is 16.9 Å². The van der Waals surface area contributed by atoms with Gasteiger partial charge in [0.1, 0.15) is 5.82 Å². The number of aromatic amines is 1. The second-order valence-corrected chi connectivity index (χ2v) is 6.52. The third-order valence-corrected chi connectivity index (χ3v) is 4.94. The number of aromatic nitrogens is 6. The number of nitrogens with zero attached hydrogens (tertiary/aromatic N) is 5. The van der Waals surface area contributed by atoms with Crippen LogP contribution in [-0.4, -0.2) is 30.6 Å². The molecule has 4 heterocycles. The Balaban J connectivity index is 1.75. The molecule has 0 spiro atoms. The zero-order chi connectivity index (χ0) is 17.7. The van der Waals surface area contributed by atoms with Gasteiger partial charge in [-0.05, 0) is 41.5 Å². The predicted molar refractivity (Wildman–Crippen MR) is 94.4 cm³/mol. The van der Waals surface area contributed by atoms with Crippen molar-refractivity contribution in [3.8, 4) is 11.4 Å². The standard InChI is InChI=1S/C17H15N7O2/c18-15-10(16-21-23-24-22-16)7-9-14(25)13-12(26-17(9)20-15)6-5-11(19-13)8-3-1-2-4-8/h5-8H,1-4H2,(H2,18,20)(H,21,22,23,24). The van der Waals surface area contributed by atoms with E-state index in [-0.39, 0.29) is 17.0 Å². The van der Waals surface area contributed by atoms with E-state index < -0.39 is 0 Å². The molecule has 9 heteroatoms. The van der Waals surface area contributed by atoms with Gasteiger partial charge < -0.3 is 10.2 Å². The molecule has 130 valence electrons. The van der Waals surface area contributed by atoms with Crippen molar-refractivity contribution in [2.45, 2.75) is 31.6 Å². The number of nitrogens with two attached hydrogens (primary N) is 1. The van der Waals surface area contributed by atoms with Gasteiger partial charge in [-0.2, -0.15) is 4.98 Å². The highest BCUT2D eigenvalue weighted by Gasteiger charge is 2.21. The highest BCUT2D eigenvalue weighted by Crippen LogP contribution is 2.34. The van der Waals surface area contributed by atoms with Crippen molar-refractivity contribution in [1.82, 2.24) is 30.6 Å². The summed E-state index contributed by atoms with van der Waals surface area (Å²) >= 11 is 0. The summed E-state index contributed by atoms with van der Waals surface area (Å²) in [5.41, 5.74) is 8.03. The van der Waals surface area contributed by atoms with Crippen molar-refractivity contribution < 1.29 is 4.42 Å². The lowest BCUT2D eigenvalue weighted by molar-refractivity contribution is 0.640. The summed E-state index contributed by atoms with van der Waals surface area (Å²) in [7, 11) is 0. The second kappa shape index (κ2) is 5.58. The molecule has 9 nitrogen and oxygen atoms in total.